The first kappa shape index (κ1) is 15.0. The van der Waals surface area contributed by atoms with Crippen molar-refractivity contribution in [3.63, 3.8) is 0 Å². The Kier molecular flexibility index (Phi) is 4.92. The number of methoxy groups -OCH3 is 1. The lowest BCUT2D eigenvalue weighted by Crippen LogP contribution is -2.14. The van der Waals surface area contributed by atoms with Crippen molar-refractivity contribution < 1.29 is 22.6 Å². The molecule has 0 radical (unpaired) electrons. The molecule has 2 aromatic carbocycles. The molecular weight excluding hydrogens is 283 g/mol. The molecule has 2 aromatic rings. The van der Waals surface area contributed by atoms with E-state index in [2.05, 4.69) is 5.32 Å². The van der Waals surface area contributed by atoms with E-state index < -0.39 is 17.5 Å². The standard InChI is InChI=1S/C15H14F3NO2/c1-20-13-4-2-3-5-14(13)21-7-6-19-15-11(17)8-10(16)9-12(15)18/h2-5,8-9,19H,6-7H2,1H3. The first-order valence-corrected chi connectivity index (χ1v) is 6.26. The summed E-state index contributed by atoms with van der Waals surface area (Å²) in [6.45, 7) is 0.314. The van der Waals surface area contributed by atoms with Gasteiger partial charge in [0.05, 0.1) is 7.11 Å². The lowest BCUT2D eigenvalue weighted by molar-refractivity contribution is 0.305. The average molecular weight is 297 g/mol. The molecule has 0 aliphatic carbocycles. The molecule has 0 aliphatic rings. The fourth-order valence-electron chi connectivity index (χ4n) is 1.79. The van der Waals surface area contributed by atoms with Gasteiger partial charge in [-0.1, -0.05) is 12.1 Å². The Labute approximate surface area is 120 Å². The summed E-state index contributed by atoms with van der Waals surface area (Å²) < 4.78 is 50.1. The topological polar surface area (TPSA) is 30.5 Å². The van der Waals surface area contributed by atoms with Gasteiger partial charge in [-0.25, -0.2) is 13.2 Å². The van der Waals surface area contributed by atoms with E-state index in [1.165, 1.54) is 7.11 Å². The molecule has 0 heterocycles. The van der Waals surface area contributed by atoms with Crippen LogP contribution in [0.5, 0.6) is 11.5 Å². The highest BCUT2D eigenvalue weighted by Gasteiger charge is 2.11. The number of nitrogens with one attached hydrogen (secondary N) is 1. The Morgan fingerprint density at radius 1 is 1.00 bits per heavy atom. The van der Waals surface area contributed by atoms with E-state index in [4.69, 9.17) is 9.47 Å². The molecule has 0 unspecified atom stereocenters. The van der Waals surface area contributed by atoms with Crippen LogP contribution in [0.4, 0.5) is 18.9 Å². The van der Waals surface area contributed by atoms with Crippen molar-refractivity contribution >= 4 is 5.69 Å². The van der Waals surface area contributed by atoms with Crippen molar-refractivity contribution in [2.24, 2.45) is 0 Å². The van der Waals surface area contributed by atoms with Crippen molar-refractivity contribution in [2.75, 3.05) is 25.6 Å². The zero-order valence-corrected chi connectivity index (χ0v) is 11.3. The van der Waals surface area contributed by atoms with Gasteiger partial charge in [0.15, 0.2) is 23.1 Å². The van der Waals surface area contributed by atoms with Gasteiger partial charge in [-0.15, -0.1) is 0 Å². The highest BCUT2D eigenvalue weighted by atomic mass is 19.1. The normalized spacial score (nSPS) is 10.3. The van der Waals surface area contributed by atoms with Crippen LogP contribution in [-0.2, 0) is 0 Å². The Hall–Kier alpha value is -2.37. The van der Waals surface area contributed by atoms with E-state index in [0.717, 1.165) is 0 Å². The largest absolute Gasteiger partial charge is 0.493 e. The van der Waals surface area contributed by atoms with Gasteiger partial charge in [-0.05, 0) is 12.1 Å². The Morgan fingerprint density at radius 3 is 2.24 bits per heavy atom. The summed E-state index contributed by atoms with van der Waals surface area (Å²) in [6, 6.07) is 8.27. The maximum absolute atomic E-state index is 13.4. The summed E-state index contributed by atoms with van der Waals surface area (Å²) in [5.74, 6) is -1.83. The highest BCUT2D eigenvalue weighted by Crippen LogP contribution is 2.25. The number of benzene rings is 2. The number of hydrogen-bond donors (Lipinski definition) is 1. The molecule has 0 spiro atoms. The van der Waals surface area contributed by atoms with Crippen molar-refractivity contribution in [1.82, 2.24) is 0 Å². The van der Waals surface area contributed by atoms with Crippen LogP contribution in [0, 0.1) is 17.5 Å². The number of rotatable bonds is 6. The van der Waals surface area contributed by atoms with Crippen molar-refractivity contribution in [3.05, 3.63) is 53.8 Å². The lowest BCUT2D eigenvalue weighted by atomic mass is 10.3. The van der Waals surface area contributed by atoms with Crippen LogP contribution in [-0.4, -0.2) is 20.3 Å². The molecule has 0 fully saturated rings. The summed E-state index contributed by atoms with van der Waals surface area (Å²) >= 11 is 0. The zero-order valence-electron chi connectivity index (χ0n) is 11.3. The number of ether oxygens (including phenoxy) is 2. The van der Waals surface area contributed by atoms with Crippen LogP contribution in [0.15, 0.2) is 36.4 Å². The smallest absolute Gasteiger partial charge is 0.161 e. The number of halogens is 3. The minimum absolute atomic E-state index is 0.150. The molecule has 0 saturated carbocycles. The predicted octanol–water partition coefficient (Wildman–Crippen LogP) is 3.60. The van der Waals surface area contributed by atoms with E-state index in [1.54, 1.807) is 24.3 Å². The molecule has 0 atom stereocenters. The van der Waals surface area contributed by atoms with Crippen molar-refractivity contribution in [3.8, 4) is 11.5 Å². The van der Waals surface area contributed by atoms with Gasteiger partial charge in [0, 0.05) is 18.7 Å². The Morgan fingerprint density at radius 2 is 1.62 bits per heavy atom. The third-order valence-electron chi connectivity index (χ3n) is 2.74. The third-order valence-corrected chi connectivity index (χ3v) is 2.74. The number of anilines is 1. The van der Waals surface area contributed by atoms with Gasteiger partial charge in [0.2, 0.25) is 0 Å². The first-order chi connectivity index (χ1) is 10.1. The maximum Gasteiger partial charge on any atom is 0.161 e. The second-order valence-electron chi connectivity index (χ2n) is 4.17. The second kappa shape index (κ2) is 6.88. The summed E-state index contributed by atoms with van der Waals surface area (Å²) in [7, 11) is 1.52. The van der Waals surface area contributed by atoms with Gasteiger partial charge >= 0.3 is 0 Å². The zero-order chi connectivity index (χ0) is 15.2. The third kappa shape index (κ3) is 3.81. The van der Waals surface area contributed by atoms with E-state index in [1.807, 2.05) is 0 Å². The molecule has 0 amide bonds. The molecule has 6 heteroatoms. The predicted molar refractivity (Wildman–Crippen MR) is 73.3 cm³/mol. The SMILES string of the molecule is COc1ccccc1OCCNc1c(F)cc(F)cc1F. The molecule has 0 saturated heterocycles. The fourth-order valence-corrected chi connectivity index (χ4v) is 1.79. The summed E-state index contributed by atoms with van der Waals surface area (Å²) in [5, 5.41) is 2.53. The number of para-hydroxylation sites is 2. The first-order valence-electron chi connectivity index (χ1n) is 6.26. The van der Waals surface area contributed by atoms with Crippen LogP contribution in [0.3, 0.4) is 0 Å². The molecule has 0 aromatic heterocycles. The molecule has 1 N–H and O–H groups in total. The van der Waals surface area contributed by atoms with Gasteiger partial charge in [0.25, 0.3) is 0 Å². The van der Waals surface area contributed by atoms with Crippen molar-refractivity contribution in [1.29, 1.82) is 0 Å². The molecule has 0 bridgehead atoms. The van der Waals surface area contributed by atoms with Gasteiger partial charge in [0.1, 0.15) is 18.1 Å². The van der Waals surface area contributed by atoms with Crippen molar-refractivity contribution in [2.45, 2.75) is 0 Å². The monoisotopic (exact) mass is 297 g/mol. The molecule has 2 rings (SSSR count). The molecule has 3 nitrogen and oxygen atoms in total. The maximum atomic E-state index is 13.4. The fraction of sp³-hybridized carbons (Fsp3) is 0.200. The second-order valence-corrected chi connectivity index (χ2v) is 4.17. The van der Waals surface area contributed by atoms with Crippen LogP contribution in [0.1, 0.15) is 0 Å². The Balaban J connectivity index is 1.91. The lowest BCUT2D eigenvalue weighted by Gasteiger charge is -2.12. The summed E-state index contributed by atoms with van der Waals surface area (Å²) in [4.78, 5) is 0. The minimum atomic E-state index is -0.982. The molecule has 21 heavy (non-hydrogen) atoms. The van der Waals surface area contributed by atoms with E-state index in [-0.39, 0.29) is 18.8 Å². The highest BCUT2D eigenvalue weighted by molar-refractivity contribution is 5.46. The quantitative estimate of drug-likeness (QED) is 0.826. The van der Waals surface area contributed by atoms with Crippen LogP contribution in [0.25, 0.3) is 0 Å². The van der Waals surface area contributed by atoms with Crippen LogP contribution in [0.2, 0.25) is 0 Å². The summed E-state index contributed by atoms with van der Waals surface area (Å²) in [5.41, 5.74) is -0.375. The number of hydrogen-bond acceptors (Lipinski definition) is 3. The summed E-state index contributed by atoms with van der Waals surface area (Å²) in [6.07, 6.45) is 0. The van der Waals surface area contributed by atoms with Gasteiger partial charge < -0.3 is 14.8 Å². The van der Waals surface area contributed by atoms with E-state index in [0.29, 0.717) is 23.6 Å². The van der Waals surface area contributed by atoms with Gasteiger partial charge in [-0.2, -0.15) is 0 Å². The minimum Gasteiger partial charge on any atom is -0.493 e. The molecular formula is C15H14F3NO2. The van der Waals surface area contributed by atoms with E-state index in [9.17, 15) is 13.2 Å². The Bertz CT molecular complexity index is 597. The van der Waals surface area contributed by atoms with Crippen LogP contribution >= 0.6 is 0 Å². The average Bonchev–Trinajstić information content (AvgIpc) is 2.45. The molecule has 0 aliphatic heterocycles. The van der Waals surface area contributed by atoms with Crippen LogP contribution < -0.4 is 14.8 Å². The van der Waals surface area contributed by atoms with E-state index >= 15 is 0 Å². The van der Waals surface area contributed by atoms with Gasteiger partial charge in [-0.3, -0.25) is 0 Å². The molecule has 112 valence electrons.